The minimum absolute atomic E-state index is 0.223. The third-order valence-corrected chi connectivity index (χ3v) is 4.82. The molecular formula is C21H16N4O4. The number of nitro benzene ring substituents is 2. The van der Waals surface area contributed by atoms with Crippen LogP contribution in [0.15, 0.2) is 84.0 Å². The van der Waals surface area contributed by atoms with Crippen molar-refractivity contribution in [2.75, 3.05) is 5.01 Å². The monoisotopic (exact) mass is 388 g/mol. The Balaban J connectivity index is 1.84. The van der Waals surface area contributed by atoms with Gasteiger partial charge in [0.25, 0.3) is 5.69 Å². The lowest BCUT2D eigenvalue weighted by Gasteiger charge is -2.23. The Kier molecular flexibility index (Phi) is 4.74. The van der Waals surface area contributed by atoms with Gasteiger partial charge in [-0.15, -0.1) is 0 Å². The lowest BCUT2D eigenvalue weighted by molar-refractivity contribution is -0.393. The van der Waals surface area contributed by atoms with Crippen LogP contribution in [-0.2, 0) is 0 Å². The molecule has 0 radical (unpaired) electrons. The Labute approximate surface area is 166 Å². The van der Waals surface area contributed by atoms with E-state index < -0.39 is 9.85 Å². The fourth-order valence-corrected chi connectivity index (χ4v) is 3.44. The van der Waals surface area contributed by atoms with E-state index in [0.717, 1.165) is 22.9 Å². The molecule has 1 atom stereocenters. The van der Waals surface area contributed by atoms with Crippen LogP contribution in [0.3, 0.4) is 0 Å². The molecule has 8 heteroatoms. The van der Waals surface area contributed by atoms with Crippen molar-refractivity contribution >= 4 is 22.8 Å². The molecule has 1 heterocycles. The van der Waals surface area contributed by atoms with Crippen molar-refractivity contribution in [1.29, 1.82) is 0 Å². The van der Waals surface area contributed by atoms with Gasteiger partial charge in [0.1, 0.15) is 5.69 Å². The quantitative estimate of drug-likeness (QED) is 0.459. The predicted molar refractivity (Wildman–Crippen MR) is 109 cm³/mol. The van der Waals surface area contributed by atoms with Gasteiger partial charge in [0.15, 0.2) is 0 Å². The van der Waals surface area contributed by atoms with Crippen molar-refractivity contribution < 1.29 is 9.85 Å². The molecule has 0 spiro atoms. The van der Waals surface area contributed by atoms with Crippen LogP contribution in [0.2, 0.25) is 0 Å². The third-order valence-electron chi connectivity index (χ3n) is 4.82. The summed E-state index contributed by atoms with van der Waals surface area (Å²) < 4.78 is 0. The highest BCUT2D eigenvalue weighted by molar-refractivity contribution is 6.03. The van der Waals surface area contributed by atoms with Crippen LogP contribution in [0.25, 0.3) is 0 Å². The summed E-state index contributed by atoms with van der Waals surface area (Å²) in [6.45, 7) is 0. The summed E-state index contributed by atoms with van der Waals surface area (Å²) >= 11 is 0. The first-order chi connectivity index (χ1) is 14.0. The number of benzene rings is 3. The Morgan fingerprint density at radius 2 is 1.52 bits per heavy atom. The highest BCUT2D eigenvalue weighted by Gasteiger charge is 2.34. The maximum Gasteiger partial charge on any atom is 0.301 e. The van der Waals surface area contributed by atoms with Gasteiger partial charge >= 0.3 is 5.69 Å². The summed E-state index contributed by atoms with van der Waals surface area (Å²) in [5.74, 6) is 0. The van der Waals surface area contributed by atoms with Crippen LogP contribution in [0, 0.1) is 20.2 Å². The predicted octanol–water partition coefficient (Wildman–Crippen LogP) is 4.86. The molecule has 0 aliphatic carbocycles. The van der Waals surface area contributed by atoms with E-state index in [0.29, 0.717) is 6.42 Å². The fraction of sp³-hybridized carbons (Fsp3) is 0.0952. The maximum absolute atomic E-state index is 11.7. The number of hydrazone groups is 1. The van der Waals surface area contributed by atoms with Crippen molar-refractivity contribution in [3.63, 3.8) is 0 Å². The molecule has 0 amide bonds. The number of hydrogen-bond donors (Lipinski definition) is 0. The van der Waals surface area contributed by atoms with E-state index in [2.05, 4.69) is 5.10 Å². The van der Waals surface area contributed by atoms with Crippen molar-refractivity contribution in [2.45, 2.75) is 12.5 Å². The average Bonchev–Trinajstić information content (AvgIpc) is 3.20. The van der Waals surface area contributed by atoms with E-state index >= 15 is 0 Å². The first-order valence-electron chi connectivity index (χ1n) is 8.94. The first kappa shape index (κ1) is 18.3. The second-order valence-electron chi connectivity index (χ2n) is 6.58. The molecule has 0 saturated carbocycles. The highest BCUT2D eigenvalue weighted by Crippen LogP contribution is 2.41. The van der Waals surface area contributed by atoms with Gasteiger partial charge in [0, 0.05) is 12.5 Å². The van der Waals surface area contributed by atoms with Crippen molar-refractivity contribution in [2.24, 2.45) is 5.10 Å². The number of nitro groups is 2. The summed E-state index contributed by atoms with van der Waals surface area (Å²) in [5.41, 5.74) is 2.23. The zero-order chi connectivity index (χ0) is 20.4. The molecule has 29 heavy (non-hydrogen) atoms. The fourth-order valence-electron chi connectivity index (χ4n) is 3.44. The van der Waals surface area contributed by atoms with Crippen LogP contribution in [0.4, 0.5) is 17.1 Å². The van der Waals surface area contributed by atoms with Crippen LogP contribution < -0.4 is 5.01 Å². The van der Waals surface area contributed by atoms with E-state index in [4.69, 9.17) is 0 Å². The Morgan fingerprint density at radius 1 is 0.862 bits per heavy atom. The Bertz CT molecular complexity index is 1100. The van der Waals surface area contributed by atoms with E-state index in [1.807, 2.05) is 60.7 Å². The minimum Gasteiger partial charge on any atom is -0.258 e. The second-order valence-corrected chi connectivity index (χ2v) is 6.58. The second kappa shape index (κ2) is 7.51. The summed E-state index contributed by atoms with van der Waals surface area (Å²) in [6.07, 6.45) is 0.558. The molecule has 1 unspecified atom stereocenters. The van der Waals surface area contributed by atoms with Crippen molar-refractivity contribution in [1.82, 2.24) is 0 Å². The summed E-state index contributed by atoms with van der Waals surface area (Å²) in [7, 11) is 0. The van der Waals surface area contributed by atoms with Gasteiger partial charge in [-0.3, -0.25) is 25.2 Å². The van der Waals surface area contributed by atoms with Gasteiger partial charge in [0.2, 0.25) is 0 Å². The van der Waals surface area contributed by atoms with Gasteiger partial charge in [-0.1, -0.05) is 60.7 Å². The molecule has 8 nitrogen and oxygen atoms in total. The molecule has 0 fully saturated rings. The summed E-state index contributed by atoms with van der Waals surface area (Å²) in [6, 6.07) is 22.6. The van der Waals surface area contributed by atoms with Gasteiger partial charge < -0.3 is 0 Å². The zero-order valence-electron chi connectivity index (χ0n) is 15.2. The third kappa shape index (κ3) is 3.55. The maximum atomic E-state index is 11.7. The van der Waals surface area contributed by atoms with E-state index in [1.54, 1.807) is 5.01 Å². The Morgan fingerprint density at radius 3 is 2.14 bits per heavy atom. The molecule has 0 bridgehead atoms. The van der Waals surface area contributed by atoms with Crippen LogP contribution in [0.1, 0.15) is 23.6 Å². The summed E-state index contributed by atoms with van der Waals surface area (Å²) in [4.78, 5) is 21.5. The first-order valence-corrected chi connectivity index (χ1v) is 8.94. The number of anilines is 1. The molecule has 1 aliphatic heterocycles. The number of hydrogen-bond acceptors (Lipinski definition) is 6. The van der Waals surface area contributed by atoms with Crippen LogP contribution >= 0.6 is 0 Å². The molecular weight excluding hydrogens is 372 g/mol. The number of rotatable bonds is 5. The van der Waals surface area contributed by atoms with Gasteiger partial charge in [0.05, 0.1) is 27.7 Å². The molecule has 1 aliphatic rings. The Hall–Kier alpha value is -4.07. The van der Waals surface area contributed by atoms with Gasteiger partial charge in [-0.05, 0) is 17.2 Å². The standard InChI is InChI=1S/C21H16N4O4/c26-24(27)17-11-12-19(21(13-17)25(28)29)23-20(16-9-5-2-6-10-16)14-18(22-23)15-7-3-1-4-8-15/h1-13,20H,14H2. The number of non-ortho nitro benzene ring substituents is 1. The van der Waals surface area contributed by atoms with Crippen molar-refractivity contribution in [3.05, 3.63) is 110 Å². The van der Waals surface area contributed by atoms with E-state index in [1.165, 1.54) is 12.1 Å². The average molecular weight is 388 g/mol. The van der Waals surface area contributed by atoms with E-state index in [9.17, 15) is 20.2 Å². The largest absolute Gasteiger partial charge is 0.301 e. The smallest absolute Gasteiger partial charge is 0.258 e. The molecule has 3 aromatic rings. The lowest BCUT2D eigenvalue weighted by Crippen LogP contribution is -2.19. The normalized spacial score (nSPS) is 15.8. The SMILES string of the molecule is O=[N+]([O-])c1ccc(N2N=C(c3ccccc3)CC2c2ccccc2)c([N+](=O)[O-])c1. The molecule has 0 aromatic heterocycles. The van der Waals surface area contributed by atoms with E-state index in [-0.39, 0.29) is 23.1 Å². The van der Waals surface area contributed by atoms with Gasteiger partial charge in [-0.25, -0.2) is 0 Å². The van der Waals surface area contributed by atoms with Crippen molar-refractivity contribution in [3.8, 4) is 0 Å². The topological polar surface area (TPSA) is 102 Å². The van der Waals surface area contributed by atoms with Crippen LogP contribution in [-0.4, -0.2) is 15.6 Å². The summed E-state index contributed by atoms with van der Waals surface area (Å²) in [5, 5.41) is 29.0. The lowest BCUT2D eigenvalue weighted by atomic mass is 9.98. The van der Waals surface area contributed by atoms with Crippen LogP contribution in [0.5, 0.6) is 0 Å². The zero-order valence-corrected chi connectivity index (χ0v) is 15.2. The minimum atomic E-state index is -0.645. The van der Waals surface area contributed by atoms with Gasteiger partial charge in [-0.2, -0.15) is 5.10 Å². The molecule has 3 aromatic carbocycles. The highest BCUT2D eigenvalue weighted by atomic mass is 16.6. The molecule has 0 N–H and O–H groups in total. The molecule has 4 rings (SSSR count). The molecule has 144 valence electrons. The number of nitrogens with zero attached hydrogens (tertiary/aromatic N) is 4. The molecule has 0 saturated heterocycles.